The molecule has 1 aromatic rings. The van der Waals surface area contributed by atoms with E-state index in [1.807, 2.05) is 31.2 Å². The van der Waals surface area contributed by atoms with E-state index in [0.29, 0.717) is 12.3 Å². The number of nitrogens with one attached hydrogen (secondary N) is 2. The highest BCUT2D eigenvalue weighted by Gasteiger charge is 2.14. The number of piperidine rings is 1. The maximum Gasteiger partial charge on any atom is 0.224 e. The molecule has 1 aliphatic rings. The Hall–Kier alpha value is -1.06. The van der Waals surface area contributed by atoms with Crippen LogP contribution in [0, 0.1) is 12.8 Å². The Bertz CT molecular complexity index is 403. The van der Waals surface area contributed by atoms with Crippen molar-refractivity contribution in [2.24, 2.45) is 5.92 Å². The predicted molar refractivity (Wildman–Crippen MR) is 81.9 cm³/mol. The molecule has 1 fully saturated rings. The summed E-state index contributed by atoms with van der Waals surface area (Å²) in [6.07, 6.45) is 4.06. The lowest BCUT2D eigenvalue weighted by Gasteiger charge is -2.22. The van der Waals surface area contributed by atoms with Crippen molar-refractivity contribution < 1.29 is 4.79 Å². The number of hydrogen-bond acceptors (Lipinski definition) is 2. The first-order valence-electron chi connectivity index (χ1n) is 6.82. The Balaban J connectivity index is 0.00000180. The summed E-state index contributed by atoms with van der Waals surface area (Å²) in [6.45, 7) is 4.22. The third kappa shape index (κ3) is 5.21. The van der Waals surface area contributed by atoms with Crippen molar-refractivity contribution in [3.05, 3.63) is 29.8 Å². The zero-order valence-electron chi connectivity index (χ0n) is 11.4. The van der Waals surface area contributed by atoms with Crippen LogP contribution < -0.4 is 10.6 Å². The molecule has 19 heavy (non-hydrogen) atoms. The summed E-state index contributed by atoms with van der Waals surface area (Å²) >= 11 is 0. The van der Waals surface area contributed by atoms with E-state index in [0.717, 1.165) is 30.8 Å². The van der Waals surface area contributed by atoms with Crippen LogP contribution in [0.25, 0.3) is 0 Å². The second kappa shape index (κ2) is 8.18. The highest BCUT2D eigenvalue weighted by molar-refractivity contribution is 5.91. The average Bonchev–Trinajstić information content (AvgIpc) is 2.40. The molecule has 1 saturated heterocycles. The minimum atomic E-state index is 0. The summed E-state index contributed by atoms with van der Waals surface area (Å²) < 4.78 is 0. The minimum Gasteiger partial charge on any atom is -0.326 e. The van der Waals surface area contributed by atoms with Gasteiger partial charge in [0, 0.05) is 12.1 Å². The summed E-state index contributed by atoms with van der Waals surface area (Å²) in [6, 6.07) is 7.91. The van der Waals surface area contributed by atoms with Gasteiger partial charge in [-0.05, 0) is 56.8 Å². The number of rotatable bonds is 4. The smallest absolute Gasteiger partial charge is 0.224 e. The SMILES string of the molecule is Cc1ccccc1NC(=O)CCC1CCNCC1.Cl. The lowest BCUT2D eigenvalue weighted by molar-refractivity contribution is -0.116. The van der Waals surface area contributed by atoms with Gasteiger partial charge >= 0.3 is 0 Å². The van der Waals surface area contributed by atoms with E-state index in [4.69, 9.17) is 0 Å². The van der Waals surface area contributed by atoms with Crippen molar-refractivity contribution in [2.45, 2.75) is 32.6 Å². The number of amides is 1. The highest BCUT2D eigenvalue weighted by Crippen LogP contribution is 2.19. The molecule has 1 aliphatic heterocycles. The molecule has 3 nitrogen and oxygen atoms in total. The molecule has 0 spiro atoms. The first-order valence-corrected chi connectivity index (χ1v) is 6.82. The van der Waals surface area contributed by atoms with Crippen LogP contribution in [0.15, 0.2) is 24.3 Å². The van der Waals surface area contributed by atoms with Gasteiger partial charge in [0.05, 0.1) is 0 Å². The molecule has 0 aliphatic carbocycles. The van der Waals surface area contributed by atoms with Crippen LogP contribution in [0.1, 0.15) is 31.2 Å². The van der Waals surface area contributed by atoms with Gasteiger partial charge in [0.1, 0.15) is 0 Å². The van der Waals surface area contributed by atoms with Gasteiger partial charge in [-0.2, -0.15) is 0 Å². The van der Waals surface area contributed by atoms with Gasteiger partial charge in [-0.1, -0.05) is 18.2 Å². The lowest BCUT2D eigenvalue weighted by atomic mass is 9.93. The molecule has 0 unspecified atom stereocenters. The number of carbonyl (C=O) groups excluding carboxylic acids is 1. The van der Waals surface area contributed by atoms with E-state index in [-0.39, 0.29) is 18.3 Å². The molecule has 0 radical (unpaired) electrons. The summed E-state index contributed by atoms with van der Waals surface area (Å²) in [5, 5.41) is 6.34. The molecule has 0 saturated carbocycles. The van der Waals surface area contributed by atoms with Gasteiger partial charge in [-0.15, -0.1) is 12.4 Å². The Morgan fingerprint density at radius 3 is 2.68 bits per heavy atom. The normalized spacial score (nSPS) is 15.6. The Morgan fingerprint density at radius 1 is 1.32 bits per heavy atom. The number of carbonyl (C=O) groups is 1. The predicted octanol–water partition coefficient (Wildman–Crippen LogP) is 3.14. The summed E-state index contributed by atoms with van der Waals surface area (Å²) in [4.78, 5) is 11.9. The van der Waals surface area contributed by atoms with Crippen molar-refractivity contribution in [1.82, 2.24) is 5.32 Å². The number of para-hydroxylation sites is 1. The molecule has 0 aromatic heterocycles. The van der Waals surface area contributed by atoms with Crippen LogP contribution in [-0.2, 0) is 4.79 Å². The first kappa shape index (κ1) is 16.0. The van der Waals surface area contributed by atoms with Gasteiger partial charge in [0.25, 0.3) is 0 Å². The second-order valence-electron chi connectivity index (χ2n) is 5.10. The molecule has 4 heteroatoms. The van der Waals surface area contributed by atoms with Crippen molar-refractivity contribution >= 4 is 24.0 Å². The molecule has 106 valence electrons. The Labute approximate surface area is 121 Å². The van der Waals surface area contributed by atoms with Crippen molar-refractivity contribution in [2.75, 3.05) is 18.4 Å². The van der Waals surface area contributed by atoms with Gasteiger partial charge in [-0.3, -0.25) is 4.79 Å². The molecule has 0 atom stereocenters. The fourth-order valence-corrected chi connectivity index (χ4v) is 2.43. The molecular formula is C15H23ClN2O. The van der Waals surface area contributed by atoms with Crippen molar-refractivity contribution in [3.8, 4) is 0 Å². The van der Waals surface area contributed by atoms with Gasteiger partial charge in [-0.25, -0.2) is 0 Å². The van der Waals surface area contributed by atoms with Crippen LogP contribution in [0.3, 0.4) is 0 Å². The van der Waals surface area contributed by atoms with Crippen LogP contribution in [0.2, 0.25) is 0 Å². The molecule has 0 bridgehead atoms. The van der Waals surface area contributed by atoms with Gasteiger partial charge < -0.3 is 10.6 Å². The molecule has 1 amide bonds. The summed E-state index contributed by atoms with van der Waals surface area (Å²) in [5.74, 6) is 0.858. The third-order valence-electron chi connectivity index (χ3n) is 3.66. The van der Waals surface area contributed by atoms with Crippen LogP contribution in [0.4, 0.5) is 5.69 Å². The van der Waals surface area contributed by atoms with E-state index >= 15 is 0 Å². The maximum absolute atomic E-state index is 11.9. The molecule has 2 N–H and O–H groups in total. The number of halogens is 1. The standard InChI is InChI=1S/C15H22N2O.ClH/c1-12-4-2-3-5-14(12)17-15(18)7-6-13-8-10-16-11-9-13;/h2-5,13,16H,6-11H2,1H3,(H,17,18);1H. The van der Waals surface area contributed by atoms with E-state index < -0.39 is 0 Å². The minimum absolute atomic E-state index is 0. The summed E-state index contributed by atoms with van der Waals surface area (Å²) in [7, 11) is 0. The Morgan fingerprint density at radius 2 is 2.00 bits per heavy atom. The fraction of sp³-hybridized carbons (Fsp3) is 0.533. The lowest BCUT2D eigenvalue weighted by Crippen LogP contribution is -2.28. The quantitative estimate of drug-likeness (QED) is 0.891. The van der Waals surface area contributed by atoms with E-state index in [1.165, 1.54) is 12.8 Å². The monoisotopic (exact) mass is 282 g/mol. The molecule has 2 rings (SSSR count). The van der Waals surface area contributed by atoms with Crippen LogP contribution in [-0.4, -0.2) is 19.0 Å². The van der Waals surface area contributed by atoms with Gasteiger partial charge in [0.2, 0.25) is 5.91 Å². The molecule has 1 aromatic carbocycles. The number of hydrogen-bond donors (Lipinski definition) is 2. The Kier molecular flexibility index (Phi) is 6.89. The average molecular weight is 283 g/mol. The molecular weight excluding hydrogens is 260 g/mol. The topological polar surface area (TPSA) is 41.1 Å². The van der Waals surface area contributed by atoms with Crippen LogP contribution >= 0.6 is 12.4 Å². The number of anilines is 1. The highest BCUT2D eigenvalue weighted by atomic mass is 35.5. The van der Waals surface area contributed by atoms with Crippen molar-refractivity contribution in [1.29, 1.82) is 0 Å². The number of aryl methyl sites for hydroxylation is 1. The van der Waals surface area contributed by atoms with E-state index in [2.05, 4.69) is 10.6 Å². The first-order chi connectivity index (χ1) is 8.75. The largest absolute Gasteiger partial charge is 0.326 e. The zero-order valence-corrected chi connectivity index (χ0v) is 12.3. The molecule has 1 heterocycles. The number of benzene rings is 1. The maximum atomic E-state index is 11.9. The second-order valence-corrected chi connectivity index (χ2v) is 5.10. The van der Waals surface area contributed by atoms with E-state index in [9.17, 15) is 4.79 Å². The third-order valence-corrected chi connectivity index (χ3v) is 3.66. The van der Waals surface area contributed by atoms with E-state index in [1.54, 1.807) is 0 Å². The fourth-order valence-electron chi connectivity index (χ4n) is 2.43. The van der Waals surface area contributed by atoms with Crippen LogP contribution in [0.5, 0.6) is 0 Å². The van der Waals surface area contributed by atoms with Gasteiger partial charge in [0.15, 0.2) is 0 Å². The summed E-state index contributed by atoms with van der Waals surface area (Å²) in [5.41, 5.74) is 2.06. The zero-order chi connectivity index (χ0) is 12.8. The van der Waals surface area contributed by atoms with Crippen molar-refractivity contribution in [3.63, 3.8) is 0 Å².